The SMILES string of the molecule is Cc1ccc(C(=O)c2ccc(Cn3cc(CNc4ccc(C(=O)NCCCCCCC(=O)NO)cc4)nn3)cc2)cc1. The van der Waals surface area contributed by atoms with Crippen LogP contribution in [0.2, 0.25) is 0 Å². The maximum absolute atomic E-state index is 12.7. The summed E-state index contributed by atoms with van der Waals surface area (Å²) in [5.41, 5.74) is 7.30. The number of nitrogens with zero attached hydrogens (tertiary/aromatic N) is 3. The first-order chi connectivity index (χ1) is 20.4. The largest absolute Gasteiger partial charge is 0.379 e. The predicted octanol–water partition coefficient (Wildman–Crippen LogP) is 4.66. The summed E-state index contributed by atoms with van der Waals surface area (Å²) in [5.74, 6) is -0.503. The number of ketones is 1. The molecule has 10 heteroatoms. The van der Waals surface area contributed by atoms with Crippen LogP contribution < -0.4 is 16.1 Å². The Balaban J connectivity index is 1.17. The van der Waals surface area contributed by atoms with Gasteiger partial charge in [-0.15, -0.1) is 5.10 Å². The Kier molecular flexibility index (Phi) is 10.9. The summed E-state index contributed by atoms with van der Waals surface area (Å²) in [4.78, 5) is 36.1. The molecule has 4 aromatic rings. The molecule has 218 valence electrons. The average Bonchev–Trinajstić information content (AvgIpc) is 3.47. The van der Waals surface area contributed by atoms with Gasteiger partial charge in [-0.05, 0) is 49.6 Å². The van der Waals surface area contributed by atoms with Crippen molar-refractivity contribution >= 4 is 23.3 Å². The number of carbonyl (C=O) groups is 3. The van der Waals surface area contributed by atoms with Gasteiger partial charge in [0.25, 0.3) is 5.91 Å². The van der Waals surface area contributed by atoms with E-state index in [1.54, 1.807) is 22.3 Å². The summed E-state index contributed by atoms with van der Waals surface area (Å²) >= 11 is 0. The lowest BCUT2D eigenvalue weighted by Crippen LogP contribution is -2.24. The summed E-state index contributed by atoms with van der Waals surface area (Å²) < 4.78 is 1.76. The molecular weight excluding hydrogens is 532 g/mol. The molecule has 4 rings (SSSR count). The van der Waals surface area contributed by atoms with Crippen LogP contribution in [-0.2, 0) is 17.9 Å². The van der Waals surface area contributed by atoms with Crippen LogP contribution in [-0.4, -0.2) is 44.3 Å². The van der Waals surface area contributed by atoms with Gasteiger partial charge in [0.2, 0.25) is 5.91 Å². The van der Waals surface area contributed by atoms with Gasteiger partial charge in [-0.25, -0.2) is 10.2 Å². The highest BCUT2D eigenvalue weighted by molar-refractivity contribution is 6.09. The molecule has 0 aliphatic carbocycles. The van der Waals surface area contributed by atoms with Gasteiger partial charge in [-0.3, -0.25) is 19.6 Å². The molecule has 0 fully saturated rings. The number of unbranched alkanes of at least 4 members (excludes halogenated alkanes) is 3. The minimum atomic E-state index is -0.375. The van der Waals surface area contributed by atoms with Crippen LogP contribution in [0.3, 0.4) is 0 Å². The van der Waals surface area contributed by atoms with Gasteiger partial charge in [0.15, 0.2) is 5.78 Å². The first kappa shape index (κ1) is 30.1. The second-order valence-corrected chi connectivity index (χ2v) is 10.2. The lowest BCUT2D eigenvalue weighted by molar-refractivity contribution is -0.129. The van der Waals surface area contributed by atoms with Crippen LogP contribution in [0.1, 0.15) is 75.2 Å². The van der Waals surface area contributed by atoms with Crippen molar-refractivity contribution in [3.8, 4) is 0 Å². The lowest BCUT2D eigenvalue weighted by Gasteiger charge is -2.07. The molecule has 0 spiro atoms. The summed E-state index contributed by atoms with van der Waals surface area (Å²) in [6.45, 7) is 3.58. The van der Waals surface area contributed by atoms with Crippen LogP contribution in [0.4, 0.5) is 5.69 Å². The molecule has 42 heavy (non-hydrogen) atoms. The van der Waals surface area contributed by atoms with Crippen LogP contribution in [0.15, 0.2) is 79.0 Å². The molecule has 0 atom stereocenters. The standard InChI is InChI=1S/C32H36N6O4/c1-23-7-11-25(12-8-23)31(40)26-13-9-24(10-14-26)21-38-22-29(35-37-38)20-34-28-17-15-27(16-18-28)32(41)33-19-5-3-2-4-6-30(39)36-42/h7-18,22,34,42H,2-6,19-21H2,1H3,(H,33,41)(H,36,39). The minimum Gasteiger partial charge on any atom is -0.379 e. The van der Waals surface area contributed by atoms with Crippen LogP contribution in [0, 0.1) is 6.92 Å². The number of rotatable bonds is 15. The zero-order valence-corrected chi connectivity index (χ0v) is 23.7. The highest BCUT2D eigenvalue weighted by Crippen LogP contribution is 2.14. The molecule has 0 unspecified atom stereocenters. The smallest absolute Gasteiger partial charge is 0.251 e. The Hall–Kier alpha value is -4.83. The van der Waals surface area contributed by atoms with Crippen molar-refractivity contribution in [3.05, 3.63) is 113 Å². The van der Waals surface area contributed by atoms with Gasteiger partial charge in [0, 0.05) is 35.3 Å². The van der Waals surface area contributed by atoms with Crippen molar-refractivity contribution in [2.24, 2.45) is 0 Å². The van der Waals surface area contributed by atoms with E-state index in [0.717, 1.165) is 41.8 Å². The van der Waals surface area contributed by atoms with Crippen molar-refractivity contribution < 1.29 is 19.6 Å². The molecule has 0 radical (unpaired) electrons. The minimum absolute atomic E-state index is 0.000166. The van der Waals surface area contributed by atoms with Gasteiger partial charge in [-0.2, -0.15) is 0 Å². The third kappa shape index (κ3) is 9.10. The lowest BCUT2D eigenvalue weighted by atomic mass is 10.0. The average molecular weight is 569 g/mol. The number of aryl methyl sites for hydroxylation is 1. The summed E-state index contributed by atoms with van der Waals surface area (Å²) in [5, 5.41) is 23.1. The molecule has 0 saturated carbocycles. The van der Waals surface area contributed by atoms with E-state index in [0.29, 0.717) is 49.2 Å². The summed E-state index contributed by atoms with van der Waals surface area (Å²) in [6, 6.07) is 22.4. The van der Waals surface area contributed by atoms with Crippen molar-refractivity contribution in [2.45, 2.75) is 52.1 Å². The van der Waals surface area contributed by atoms with Gasteiger partial charge in [0.05, 0.1) is 19.3 Å². The van der Waals surface area contributed by atoms with E-state index >= 15 is 0 Å². The Bertz CT molecular complexity index is 1460. The number of anilines is 1. The maximum atomic E-state index is 12.7. The van der Waals surface area contributed by atoms with E-state index in [4.69, 9.17) is 5.21 Å². The fraction of sp³-hybridized carbons (Fsp3) is 0.281. The zero-order chi connectivity index (χ0) is 29.7. The monoisotopic (exact) mass is 568 g/mol. The highest BCUT2D eigenvalue weighted by atomic mass is 16.5. The number of hydrogen-bond acceptors (Lipinski definition) is 7. The molecule has 1 heterocycles. The van der Waals surface area contributed by atoms with Crippen molar-refractivity contribution in [2.75, 3.05) is 11.9 Å². The van der Waals surface area contributed by atoms with E-state index in [2.05, 4.69) is 20.9 Å². The Morgan fingerprint density at radius 1 is 0.810 bits per heavy atom. The number of carbonyl (C=O) groups excluding carboxylic acids is 3. The molecule has 0 aliphatic rings. The number of aromatic nitrogens is 3. The Morgan fingerprint density at radius 3 is 2.14 bits per heavy atom. The number of hydroxylamine groups is 1. The summed E-state index contributed by atoms with van der Waals surface area (Å²) in [7, 11) is 0. The normalized spacial score (nSPS) is 10.7. The number of benzene rings is 3. The van der Waals surface area contributed by atoms with Crippen molar-refractivity contribution in [1.82, 2.24) is 25.8 Å². The van der Waals surface area contributed by atoms with Crippen molar-refractivity contribution in [1.29, 1.82) is 0 Å². The Morgan fingerprint density at radius 2 is 1.45 bits per heavy atom. The van der Waals surface area contributed by atoms with Gasteiger partial charge < -0.3 is 10.6 Å². The van der Waals surface area contributed by atoms with E-state index in [9.17, 15) is 14.4 Å². The van der Waals surface area contributed by atoms with Crippen LogP contribution in [0.5, 0.6) is 0 Å². The molecule has 1 aromatic heterocycles. The fourth-order valence-electron chi connectivity index (χ4n) is 4.37. The molecule has 3 aromatic carbocycles. The number of nitrogens with one attached hydrogen (secondary N) is 3. The van der Waals surface area contributed by atoms with Crippen molar-refractivity contribution in [3.63, 3.8) is 0 Å². The van der Waals surface area contributed by atoms with Gasteiger partial charge >= 0.3 is 0 Å². The van der Waals surface area contributed by atoms with E-state index < -0.39 is 0 Å². The van der Waals surface area contributed by atoms with E-state index in [1.807, 2.05) is 73.8 Å². The van der Waals surface area contributed by atoms with Crippen LogP contribution >= 0.6 is 0 Å². The quantitative estimate of drug-likeness (QED) is 0.0708. The summed E-state index contributed by atoms with van der Waals surface area (Å²) in [6.07, 6.45) is 5.47. The predicted molar refractivity (Wildman–Crippen MR) is 159 cm³/mol. The topological polar surface area (TPSA) is 138 Å². The zero-order valence-electron chi connectivity index (χ0n) is 23.7. The maximum Gasteiger partial charge on any atom is 0.251 e. The van der Waals surface area contributed by atoms with Gasteiger partial charge in [0.1, 0.15) is 5.69 Å². The molecule has 4 N–H and O–H groups in total. The fourth-order valence-corrected chi connectivity index (χ4v) is 4.37. The third-order valence-corrected chi connectivity index (χ3v) is 6.82. The molecule has 2 amide bonds. The van der Waals surface area contributed by atoms with Crippen LogP contribution in [0.25, 0.3) is 0 Å². The molecule has 0 bridgehead atoms. The van der Waals surface area contributed by atoms with E-state index in [-0.39, 0.29) is 17.6 Å². The highest BCUT2D eigenvalue weighted by Gasteiger charge is 2.10. The third-order valence-electron chi connectivity index (χ3n) is 6.82. The molecule has 10 nitrogen and oxygen atoms in total. The second-order valence-electron chi connectivity index (χ2n) is 10.2. The number of hydrogen-bond donors (Lipinski definition) is 4. The Labute approximate surface area is 245 Å². The van der Waals surface area contributed by atoms with E-state index in [1.165, 1.54) is 0 Å². The number of amides is 2. The van der Waals surface area contributed by atoms with Gasteiger partial charge in [-0.1, -0.05) is 72.1 Å². The second kappa shape index (κ2) is 15.2. The molecular formula is C32H36N6O4. The molecule has 0 saturated heterocycles. The first-order valence-corrected chi connectivity index (χ1v) is 14.1. The molecule has 0 aliphatic heterocycles. The first-order valence-electron chi connectivity index (χ1n) is 14.1.